The van der Waals surface area contributed by atoms with Crippen LogP contribution >= 0.6 is 11.6 Å². The summed E-state index contributed by atoms with van der Waals surface area (Å²) in [6.07, 6.45) is 1.60. The number of halogens is 1. The highest BCUT2D eigenvalue weighted by molar-refractivity contribution is 6.30. The zero-order valence-corrected chi connectivity index (χ0v) is 13.3. The van der Waals surface area contributed by atoms with Crippen molar-refractivity contribution in [2.75, 3.05) is 5.32 Å². The molecule has 0 aliphatic rings. The standard InChI is InChI=1S/C17H15ClN4O/c1-12-4-2-3-5-14(12)10-22-11-19-17(21-22)20-16(23)13-6-8-15(18)9-7-13/h2-9,11H,10H2,1H3,(H,20,21,23). The summed E-state index contributed by atoms with van der Waals surface area (Å²) >= 11 is 5.81. The quantitative estimate of drug-likeness (QED) is 0.797. The van der Waals surface area contributed by atoms with E-state index in [9.17, 15) is 4.79 Å². The monoisotopic (exact) mass is 326 g/mol. The largest absolute Gasteiger partial charge is 0.289 e. The predicted molar refractivity (Wildman–Crippen MR) is 89.7 cm³/mol. The zero-order valence-electron chi connectivity index (χ0n) is 12.5. The van der Waals surface area contributed by atoms with E-state index in [0.717, 1.165) is 5.56 Å². The van der Waals surface area contributed by atoms with Crippen LogP contribution in [0.15, 0.2) is 54.9 Å². The van der Waals surface area contributed by atoms with E-state index in [1.54, 1.807) is 35.3 Å². The molecule has 0 spiro atoms. The molecule has 1 amide bonds. The first-order chi connectivity index (χ1) is 11.1. The summed E-state index contributed by atoms with van der Waals surface area (Å²) in [7, 11) is 0. The van der Waals surface area contributed by atoms with Crippen LogP contribution in [0, 0.1) is 6.92 Å². The second kappa shape index (κ2) is 6.62. The van der Waals surface area contributed by atoms with E-state index in [1.165, 1.54) is 5.56 Å². The number of carbonyl (C=O) groups excluding carboxylic acids is 1. The Hall–Kier alpha value is -2.66. The van der Waals surface area contributed by atoms with Crippen LogP contribution in [0.2, 0.25) is 5.02 Å². The van der Waals surface area contributed by atoms with Crippen LogP contribution in [0.1, 0.15) is 21.5 Å². The van der Waals surface area contributed by atoms with Gasteiger partial charge in [-0.3, -0.25) is 10.1 Å². The molecule has 0 atom stereocenters. The van der Waals surface area contributed by atoms with E-state index in [0.29, 0.717) is 17.1 Å². The second-order valence-corrected chi connectivity index (χ2v) is 5.59. The fraction of sp³-hybridized carbons (Fsp3) is 0.118. The molecule has 2 aromatic carbocycles. The van der Waals surface area contributed by atoms with Crippen molar-refractivity contribution in [1.82, 2.24) is 14.8 Å². The van der Waals surface area contributed by atoms with Gasteiger partial charge in [-0.15, -0.1) is 5.10 Å². The number of rotatable bonds is 4. The summed E-state index contributed by atoms with van der Waals surface area (Å²) in [5.41, 5.74) is 2.85. The molecular formula is C17H15ClN4O. The van der Waals surface area contributed by atoms with Crippen LogP contribution < -0.4 is 5.32 Å². The molecule has 3 aromatic rings. The third-order valence-electron chi connectivity index (χ3n) is 3.46. The Morgan fingerprint density at radius 3 is 2.65 bits per heavy atom. The molecule has 1 aromatic heterocycles. The number of benzene rings is 2. The Balaban J connectivity index is 1.68. The van der Waals surface area contributed by atoms with Crippen LogP contribution in [0.25, 0.3) is 0 Å². The van der Waals surface area contributed by atoms with Crippen molar-refractivity contribution in [3.63, 3.8) is 0 Å². The number of hydrogen-bond acceptors (Lipinski definition) is 3. The molecule has 1 heterocycles. The average molecular weight is 327 g/mol. The minimum absolute atomic E-state index is 0.268. The Morgan fingerprint density at radius 1 is 1.17 bits per heavy atom. The van der Waals surface area contributed by atoms with Crippen LogP contribution in [0.5, 0.6) is 0 Å². The Morgan fingerprint density at radius 2 is 1.91 bits per heavy atom. The van der Waals surface area contributed by atoms with Crippen molar-refractivity contribution in [3.8, 4) is 0 Å². The highest BCUT2D eigenvalue weighted by Crippen LogP contribution is 2.12. The average Bonchev–Trinajstić information content (AvgIpc) is 2.97. The van der Waals surface area contributed by atoms with Crippen LogP contribution in [0.4, 0.5) is 5.95 Å². The van der Waals surface area contributed by atoms with E-state index >= 15 is 0 Å². The minimum atomic E-state index is -0.268. The number of nitrogens with one attached hydrogen (secondary N) is 1. The van der Waals surface area contributed by atoms with Gasteiger partial charge in [0.1, 0.15) is 6.33 Å². The van der Waals surface area contributed by atoms with E-state index in [2.05, 4.69) is 28.4 Å². The number of aryl methyl sites for hydroxylation is 1. The number of anilines is 1. The van der Waals surface area contributed by atoms with Gasteiger partial charge >= 0.3 is 0 Å². The molecule has 0 bridgehead atoms. The van der Waals surface area contributed by atoms with Gasteiger partial charge in [-0.1, -0.05) is 35.9 Å². The lowest BCUT2D eigenvalue weighted by molar-refractivity contribution is 0.102. The summed E-state index contributed by atoms with van der Waals surface area (Å²) in [5.74, 6) is 0.00819. The molecule has 0 saturated heterocycles. The van der Waals surface area contributed by atoms with E-state index in [1.807, 2.05) is 18.2 Å². The number of hydrogen-bond donors (Lipinski definition) is 1. The normalized spacial score (nSPS) is 10.5. The molecule has 1 N–H and O–H groups in total. The van der Waals surface area contributed by atoms with Gasteiger partial charge in [0.25, 0.3) is 5.91 Å². The van der Waals surface area contributed by atoms with Gasteiger partial charge in [0, 0.05) is 10.6 Å². The van der Waals surface area contributed by atoms with Gasteiger partial charge in [0.15, 0.2) is 0 Å². The van der Waals surface area contributed by atoms with Gasteiger partial charge in [0.05, 0.1) is 6.54 Å². The molecule has 0 radical (unpaired) electrons. The fourth-order valence-electron chi connectivity index (χ4n) is 2.17. The summed E-state index contributed by atoms with van der Waals surface area (Å²) in [4.78, 5) is 16.2. The molecule has 23 heavy (non-hydrogen) atoms. The third-order valence-corrected chi connectivity index (χ3v) is 3.71. The molecule has 0 aliphatic heterocycles. The van der Waals surface area contributed by atoms with Gasteiger partial charge < -0.3 is 0 Å². The molecule has 0 aliphatic carbocycles. The van der Waals surface area contributed by atoms with Gasteiger partial charge in [-0.25, -0.2) is 9.67 Å². The Kier molecular flexibility index (Phi) is 4.39. The maximum Gasteiger partial charge on any atom is 0.258 e. The maximum absolute atomic E-state index is 12.1. The highest BCUT2D eigenvalue weighted by Gasteiger charge is 2.09. The molecule has 5 nitrogen and oxygen atoms in total. The lowest BCUT2D eigenvalue weighted by Crippen LogP contribution is -2.13. The minimum Gasteiger partial charge on any atom is -0.289 e. The van der Waals surface area contributed by atoms with E-state index < -0.39 is 0 Å². The first-order valence-corrected chi connectivity index (χ1v) is 7.50. The number of carbonyl (C=O) groups is 1. The maximum atomic E-state index is 12.1. The van der Waals surface area contributed by atoms with E-state index in [4.69, 9.17) is 11.6 Å². The van der Waals surface area contributed by atoms with Crippen molar-refractivity contribution in [2.24, 2.45) is 0 Å². The van der Waals surface area contributed by atoms with Gasteiger partial charge in [0.2, 0.25) is 5.95 Å². The number of nitrogens with zero attached hydrogens (tertiary/aromatic N) is 3. The van der Waals surface area contributed by atoms with Crippen molar-refractivity contribution in [1.29, 1.82) is 0 Å². The van der Waals surface area contributed by atoms with Crippen molar-refractivity contribution >= 4 is 23.5 Å². The molecule has 0 fully saturated rings. The van der Waals surface area contributed by atoms with Crippen molar-refractivity contribution < 1.29 is 4.79 Å². The smallest absolute Gasteiger partial charge is 0.258 e. The molecule has 0 saturated carbocycles. The SMILES string of the molecule is Cc1ccccc1Cn1cnc(NC(=O)c2ccc(Cl)cc2)n1. The molecule has 3 rings (SSSR count). The van der Waals surface area contributed by atoms with Crippen molar-refractivity contribution in [3.05, 3.63) is 76.6 Å². The fourth-order valence-corrected chi connectivity index (χ4v) is 2.29. The molecular weight excluding hydrogens is 312 g/mol. The summed E-state index contributed by atoms with van der Waals surface area (Å²) in [5, 5.41) is 7.54. The lowest BCUT2D eigenvalue weighted by atomic mass is 10.1. The summed E-state index contributed by atoms with van der Waals surface area (Å²) in [6.45, 7) is 2.66. The third kappa shape index (κ3) is 3.76. The first-order valence-electron chi connectivity index (χ1n) is 7.13. The predicted octanol–water partition coefficient (Wildman–Crippen LogP) is 3.54. The van der Waals surface area contributed by atoms with Crippen LogP contribution in [0.3, 0.4) is 0 Å². The Labute approximate surface area is 138 Å². The Bertz CT molecular complexity index is 827. The van der Waals surface area contributed by atoms with E-state index in [-0.39, 0.29) is 11.9 Å². The number of amides is 1. The first kappa shape index (κ1) is 15.2. The lowest BCUT2D eigenvalue weighted by Gasteiger charge is -2.04. The van der Waals surface area contributed by atoms with Crippen LogP contribution in [-0.4, -0.2) is 20.7 Å². The molecule has 6 heteroatoms. The summed E-state index contributed by atoms with van der Waals surface area (Å²) in [6, 6.07) is 14.7. The topological polar surface area (TPSA) is 59.8 Å². The highest BCUT2D eigenvalue weighted by atomic mass is 35.5. The summed E-state index contributed by atoms with van der Waals surface area (Å²) < 4.78 is 1.69. The van der Waals surface area contributed by atoms with Gasteiger partial charge in [-0.2, -0.15) is 0 Å². The molecule has 0 unspecified atom stereocenters. The number of aromatic nitrogens is 3. The van der Waals surface area contributed by atoms with Gasteiger partial charge in [-0.05, 0) is 42.3 Å². The molecule has 116 valence electrons. The zero-order chi connectivity index (χ0) is 16.2. The van der Waals surface area contributed by atoms with Crippen molar-refractivity contribution in [2.45, 2.75) is 13.5 Å². The second-order valence-electron chi connectivity index (χ2n) is 5.15. The van der Waals surface area contributed by atoms with Crippen LogP contribution in [-0.2, 0) is 6.54 Å².